The summed E-state index contributed by atoms with van der Waals surface area (Å²) >= 11 is 0. The van der Waals surface area contributed by atoms with Crippen LogP contribution in [0.3, 0.4) is 0 Å². The Morgan fingerprint density at radius 1 is 0.137 bits per heavy atom. The zero-order valence-corrected chi connectivity index (χ0v) is 63.0. The van der Waals surface area contributed by atoms with E-state index in [9.17, 15) is 0 Å². The molecule has 0 saturated carbocycles. The molecule has 0 bridgehead atoms. The van der Waals surface area contributed by atoms with Gasteiger partial charge in [-0.2, -0.15) is 0 Å². The molecule has 0 aliphatic rings. The molecule has 0 nitrogen and oxygen atoms in total. The Morgan fingerprint density at radius 3 is 0.431 bits per heavy atom. The predicted molar refractivity (Wildman–Crippen MR) is 451 cm³/mol. The Hall–Kier alpha value is -8.58. The average molecular weight is 1340 g/mol. The van der Waals surface area contributed by atoms with Gasteiger partial charge in [-0.1, -0.05) is 339 Å². The molecular weight excluding hydrogens is 1230 g/mol. The number of fused-ring (bicyclic) bond motifs is 6. The van der Waals surface area contributed by atoms with Crippen molar-refractivity contribution in [1.29, 1.82) is 0 Å². The molecule has 0 aliphatic heterocycles. The first-order valence-corrected chi connectivity index (χ1v) is 40.7. The van der Waals surface area contributed by atoms with Gasteiger partial charge in [0.1, 0.15) is 0 Å². The molecular formula is C102H114. The van der Waals surface area contributed by atoms with Gasteiger partial charge in [0.15, 0.2) is 0 Å². The van der Waals surface area contributed by atoms with E-state index in [-0.39, 0.29) is 0 Å². The highest BCUT2D eigenvalue weighted by Gasteiger charge is 2.31. The average Bonchev–Trinajstić information content (AvgIpc) is 0.708. The fourth-order valence-electron chi connectivity index (χ4n) is 16.7. The lowest BCUT2D eigenvalue weighted by Gasteiger charge is -2.29. The highest BCUT2D eigenvalue weighted by Crippen LogP contribution is 2.57. The second-order valence-corrected chi connectivity index (χ2v) is 30.5. The molecule has 0 N–H and O–H groups in total. The first-order valence-electron chi connectivity index (χ1n) is 40.7. The molecule has 0 unspecified atom stereocenters. The molecule has 0 saturated heterocycles. The van der Waals surface area contributed by atoms with Gasteiger partial charge < -0.3 is 0 Å². The monoisotopic (exact) mass is 1340 g/mol. The van der Waals surface area contributed by atoms with Crippen LogP contribution in [-0.4, -0.2) is 0 Å². The standard InChI is InChI=1S/C102H114/c1-7-13-19-25-31-73-37-43-79-49-55-85(67-91(79)61-73)97-98(86-56-50-80-44-38-74(62-92(80)68-86)32-26-20-14-8-2)100(88-58-52-82-46-40-76(64-94(82)70-88)34-28-22-16-10-4)102(90-60-54-84-48-42-78(66-96(84)72-90)36-30-24-18-12-6)101(89-59-53-83-47-41-77(65-95(83)71-89)35-29-23-17-11-5)99(97)87-57-51-81-45-39-75(63-93(81)69-87)33-27-21-15-9-3/h37-72H,7-36H2,1-6H3. The van der Waals surface area contributed by atoms with Gasteiger partial charge >= 0.3 is 0 Å². The molecule has 0 radical (unpaired) electrons. The first kappa shape index (κ1) is 71.8. The van der Waals surface area contributed by atoms with Gasteiger partial charge in [0, 0.05) is 0 Å². The van der Waals surface area contributed by atoms with Crippen LogP contribution in [0.2, 0.25) is 0 Å². The topological polar surface area (TPSA) is 0 Å². The van der Waals surface area contributed by atoms with Crippen LogP contribution >= 0.6 is 0 Å². The van der Waals surface area contributed by atoms with E-state index in [1.54, 1.807) is 0 Å². The Morgan fingerprint density at radius 2 is 0.284 bits per heavy atom. The summed E-state index contributed by atoms with van der Waals surface area (Å²) in [6, 6.07) is 89.3. The van der Waals surface area contributed by atoms with Crippen molar-refractivity contribution in [3.63, 3.8) is 0 Å². The minimum absolute atomic E-state index is 1.09. The third kappa shape index (κ3) is 17.4. The van der Waals surface area contributed by atoms with Crippen molar-refractivity contribution in [2.45, 2.75) is 234 Å². The fraction of sp³-hybridized carbons (Fsp3) is 0.353. The molecule has 102 heavy (non-hydrogen) atoms. The molecule has 0 atom stereocenters. The van der Waals surface area contributed by atoms with Crippen molar-refractivity contribution in [2.75, 3.05) is 0 Å². The van der Waals surface area contributed by atoms with Crippen LogP contribution in [0.5, 0.6) is 0 Å². The molecule has 0 aromatic heterocycles. The van der Waals surface area contributed by atoms with Gasteiger partial charge in [0.2, 0.25) is 0 Å². The molecule has 0 fully saturated rings. The van der Waals surface area contributed by atoms with E-state index in [2.05, 4.69) is 260 Å². The summed E-state index contributed by atoms with van der Waals surface area (Å²) in [6.07, 6.45) is 36.5. The summed E-state index contributed by atoms with van der Waals surface area (Å²) in [6.45, 7) is 13.9. The van der Waals surface area contributed by atoms with E-state index >= 15 is 0 Å². The highest BCUT2D eigenvalue weighted by molar-refractivity contribution is 6.18. The number of rotatable bonds is 36. The van der Waals surface area contributed by atoms with E-state index in [0.29, 0.717) is 0 Å². The number of benzene rings is 13. The van der Waals surface area contributed by atoms with E-state index < -0.39 is 0 Å². The molecule has 0 heteroatoms. The van der Waals surface area contributed by atoms with Crippen LogP contribution < -0.4 is 0 Å². The summed E-state index contributed by atoms with van der Waals surface area (Å²) in [5, 5.41) is 15.5. The third-order valence-electron chi connectivity index (χ3n) is 22.6. The van der Waals surface area contributed by atoms with Crippen molar-refractivity contribution in [3.05, 3.63) is 252 Å². The van der Waals surface area contributed by atoms with Crippen molar-refractivity contribution in [3.8, 4) is 66.8 Å². The normalized spacial score (nSPS) is 11.8. The smallest absolute Gasteiger partial charge is 0.00136 e. The van der Waals surface area contributed by atoms with Crippen LogP contribution in [0.25, 0.3) is 131 Å². The number of hydrogen-bond acceptors (Lipinski definition) is 0. The SMILES string of the molecule is CCCCCCc1ccc2ccc(-c3c(-c4ccc5ccc(CCCCCC)cc5c4)c(-c4ccc5ccc(CCCCCC)cc5c4)c(-c4ccc5ccc(CCCCCC)cc5c4)c(-c4ccc5ccc(CCCCCC)cc5c4)c3-c3ccc4ccc(CCCCCC)cc4c3)cc2c1. The minimum atomic E-state index is 1.09. The second-order valence-electron chi connectivity index (χ2n) is 30.5. The maximum Gasteiger partial charge on any atom is -0.00136 e. The Labute approximate surface area is 613 Å². The second kappa shape index (κ2) is 35.5. The quantitative estimate of drug-likeness (QED) is 0.0343. The molecule has 13 rings (SSSR count). The van der Waals surface area contributed by atoms with Crippen molar-refractivity contribution >= 4 is 64.6 Å². The summed E-state index contributed by atoms with van der Waals surface area (Å²) in [7, 11) is 0. The molecule has 0 aliphatic carbocycles. The molecule has 522 valence electrons. The highest BCUT2D eigenvalue weighted by atomic mass is 14.3. The Balaban J connectivity index is 1.21. The van der Waals surface area contributed by atoms with Gasteiger partial charge in [-0.3, -0.25) is 0 Å². The first-order chi connectivity index (χ1) is 50.3. The van der Waals surface area contributed by atoms with Crippen molar-refractivity contribution in [2.24, 2.45) is 0 Å². The van der Waals surface area contributed by atoms with Crippen molar-refractivity contribution < 1.29 is 0 Å². The lowest BCUT2D eigenvalue weighted by Crippen LogP contribution is -2.03. The molecule has 13 aromatic carbocycles. The third-order valence-corrected chi connectivity index (χ3v) is 22.6. The largest absolute Gasteiger partial charge is 0.0654 e. The van der Waals surface area contributed by atoms with E-state index in [0.717, 1.165) is 38.5 Å². The van der Waals surface area contributed by atoms with Crippen LogP contribution in [0.1, 0.15) is 229 Å². The maximum atomic E-state index is 2.60. The van der Waals surface area contributed by atoms with Crippen LogP contribution in [0.15, 0.2) is 218 Å². The predicted octanol–water partition coefficient (Wildman–Crippen LogP) is 31.3. The number of unbranched alkanes of at least 4 members (excludes halogenated alkanes) is 18. The fourth-order valence-corrected chi connectivity index (χ4v) is 16.7. The summed E-state index contributed by atoms with van der Waals surface area (Å²) in [5.41, 5.74) is 23.7. The zero-order valence-electron chi connectivity index (χ0n) is 63.0. The van der Waals surface area contributed by atoms with E-state index in [4.69, 9.17) is 0 Å². The van der Waals surface area contributed by atoms with E-state index in [1.165, 1.54) is 319 Å². The van der Waals surface area contributed by atoms with Crippen LogP contribution in [0.4, 0.5) is 0 Å². The Kier molecular flexibility index (Phi) is 25.0. The molecule has 0 heterocycles. The van der Waals surface area contributed by atoms with Crippen LogP contribution in [0, 0.1) is 0 Å². The lowest BCUT2D eigenvalue weighted by atomic mass is 9.73. The number of aryl methyl sites for hydroxylation is 6. The van der Waals surface area contributed by atoms with Gasteiger partial charge in [-0.05, 0) is 278 Å². The molecule has 0 spiro atoms. The Bertz CT molecular complexity index is 4140. The van der Waals surface area contributed by atoms with Crippen LogP contribution in [-0.2, 0) is 38.5 Å². The molecule has 13 aromatic rings. The van der Waals surface area contributed by atoms with Gasteiger partial charge in [0.05, 0.1) is 0 Å². The lowest BCUT2D eigenvalue weighted by molar-refractivity contribution is 0.667. The van der Waals surface area contributed by atoms with Gasteiger partial charge in [-0.15, -0.1) is 0 Å². The van der Waals surface area contributed by atoms with Gasteiger partial charge in [-0.25, -0.2) is 0 Å². The molecule has 0 amide bonds. The number of hydrogen-bond donors (Lipinski definition) is 0. The van der Waals surface area contributed by atoms with Gasteiger partial charge in [0.25, 0.3) is 0 Å². The maximum absolute atomic E-state index is 2.60. The van der Waals surface area contributed by atoms with Crippen molar-refractivity contribution in [1.82, 2.24) is 0 Å². The summed E-state index contributed by atoms with van der Waals surface area (Å²) in [4.78, 5) is 0. The zero-order chi connectivity index (χ0) is 70.0. The minimum Gasteiger partial charge on any atom is -0.0654 e. The van der Waals surface area contributed by atoms with E-state index in [1.807, 2.05) is 0 Å². The summed E-state index contributed by atoms with van der Waals surface area (Å²) in [5.74, 6) is 0. The summed E-state index contributed by atoms with van der Waals surface area (Å²) < 4.78 is 0.